The van der Waals surface area contributed by atoms with Gasteiger partial charge in [0.1, 0.15) is 29.6 Å². The van der Waals surface area contributed by atoms with E-state index in [1.54, 1.807) is 26.0 Å². The molecule has 5 atom stereocenters. The second kappa shape index (κ2) is 5.93. The van der Waals surface area contributed by atoms with Crippen molar-refractivity contribution in [3.8, 4) is 5.75 Å². The molecule has 2 aromatic rings. The molecule has 1 fully saturated rings. The van der Waals surface area contributed by atoms with E-state index in [0.717, 1.165) is 10.9 Å². The van der Waals surface area contributed by atoms with Crippen molar-refractivity contribution in [3.05, 3.63) is 40.2 Å². The molecule has 3 rings (SSSR count). The Bertz CT molecular complexity index is 769. The van der Waals surface area contributed by atoms with Gasteiger partial charge in [0.05, 0.1) is 6.10 Å². The Morgan fingerprint density at radius 1 is 1.09 bits per heavy atom. The molecule has 7 nitrogen and oxygen atoms in total. The van der Waals surface area contributed by atoms with Crippen LogP contribution in [-0.2, 0) is 4.74 Å². The third-order valence-corrected chi connectivity index (χ3v) is 3.98. The Labute approximate surface area is 131 Å². The summed E-state index contributed by atoms with van der Waals surface area (Å²) in [7, 11) is 0. The topological polar surface area (TPSA) is 109 Å². The Morgan fingerprint density at radius 2 is 1.83 bits per heavy atom. The van der Waals surface area contributed by atoms with Gasteiger partial charge in [-0.15, -0.1) is 0 Å². The van der Waals surface area contributed by atoms with E-state index in [4.69, 9.17) is 13.9 Å². The van der Waals surface area contributed by atoms with Gasteiger partial charge in [0.2, 0.25) is 6.29 Å². The van der Waals surface area contributed by atoms with Crippen LogP contribution >= 0.6 is 0 Å². The van der Waals surface area contributed by atoms with Gasteiger partial charge in [-0.1, -0.05) is 0 Å². The lowest BCUT2D eigenvalue weighted by atomic mass is 10.00. The Balaban J connectivity index is 1.88. The van der Waals surface area contributed by atoms with Crippen molar-refractivity contribution in [1.82, 2.24) is 0 Å². The normalized spacial score (nSPS) is 31.3. The van der Waals surface area contributed by atoms with Crippen molar-refractivity contribution < 1.29 is 29.2 Å². The highest BCUT2D eigenvalue weighted by Gasteiger charge is 2.43. The molecule has 3 N–H and O–H groups in total. The van der Waals surface area contributed by atoms with Gasteiger partial charge in [0.25, 0.3) is 0 Å². The van der Waals surface area contributed by atoms with Crippen molar-refractivity contribution >= 4 is 11.0 Å². The minimum atomic E-state index is -1.40. The summed E-state index contributed by atoms with van der Waals surface area (Å²) in [6, 6.07) is 6.29. The van der Waals surface area contributed by atoms with Crippen LogP contribution in [0.3, 0.4) is 0 Å². The minimum absolute atomic E-state index is 0.311. The summed E-state index contributed by atoms with van der Waals surface area (Å²) in [5, 5.41) is 30.2. The zero-order valence-corrected chi connectivity index (χ0v) is 12.7. The zero-order valence-electron chi connectivity index (χ0n) is 12.7. The number of ether oxygens (including phenoxy) is 2. The smallest absolute Gasteiger partial charge is 0.336 e. The monoisotopic (exact) mass is 322 g/mol. The molecule has 23 heavy (non-hydrogen) atoms. The van der Waals surface area contributed by atoms with E-state index in [0.29, 0.717) is 11.3 Å². The van der Waals surface area contributed by atoms with Crippen molar-refractivity contribution in [1.29, 1.82) is 0 Å². The van der Waals surface area contributed by atoms with Gasteiger partial charge in [-0.3, -0.25) is 0 Å². The Hall–Kier alpha value is -1.93. The standard InChI is InChI=1S/C16H18O7/c1-7-5-12(17)23-11-6-9(3-4-10(7)11)22-16-15(20)14(19)13(18)8(2)21-16/h3-6,8,13-16,18-20H,1-2H3/t8-,13+,14+,15+,16+/m0/s1. The highest BCUT2D eigenvalue weighted by atomic mass is 16.7. The summed E-state index contributed by atoms with van der Waals surface area (Å²) < 4.78 is 16.0. The van der Waals surface area contributed by atoms with Crippen LogP contribution in [0.25, 0.3) is 11.0 Å². The van der Waals surface area contributed by atoms with Crippen molar-refractivity contribution in [2.75, 3.05) is 0 Å². The second-order valence-electron chi connectivity index (χ2n) is 5.71. The summed E-state index contributed by atoms with van der Waals surface area (Å²) in [5.74, 6) is 0.311. The van der Waals surface area contributed by atoms with Gasteiger partial charge in [-0.2, -0.15) is 0 Å². The third-order valence-electron chi connectivity index (χ3n) is 3.98. The van der Waals surface area contributed by atoms with Crippen LogP contribution in [-0.4, -0.2) is 46.0 Å². The van der Waals surface area contributed by atoms with Crippen molar-refractivity contribution in [2.24, 2.45) is 0 Å². The maximum Gasteiger partial charge on any atom is 0.336 e. The maximum atomic E-state index is 11.4. The minimum Gasteiger partial charge on any atom is -0.462 e. The third kappa shape index (κ3) is 2.96. The molecule has 0 amide bonds. The average Bonchev–Trinajstić information content (AvgIpc) is 2.50. The molecule has 1 aliphatic rings. The van der Waals surface area contributed by atoms with Gasteiger partial charge >= 0.3 is 5.63 Å². The van der Waals surface area contributed by atoms with Gasteiger partial charge in [-0.25, -0.2) is 4.79 Å². The molecule has 2 heterocycles. The summed E-state index contributed by atoms with van der Waals surface area (Å²) >= 11 is 0. The van der Waals surface area contributed by atoms with E-state index >= 15 is 0 Å². The number of benzene rings is 1. The largest absolute Gasteiger partial charge is 0.462 e. The molecule has 1 aromatic carbocycles. The van der Waals surface area contributed by atoms with E-state index in [2.05, 4.69) is 0 Å². The van der Waals surface area contributed by atoms with E-state index < -0.39 is 36.3 Å². The van der Waals surface area contributed by atoms with Crippen LogP contribution in [0.2, 0.25) is 0 Å². The first-order valence-electron chi connectivity index (χ1n) is 7.27. The quantitative estimate of drug-likeness (QED) is 0.683. The van der Waals surface area contributed by atoms with Crippen LogP contribution in [0, 0.1) is 6.92 Å². The van der Waals surface area contributed by atoms with E-state index in [9.17, 15) is 20.1 Å². The van der Waals surface area contributed by atoms with E-state index in [1.807, 2.05) is 0 Å². The fourth-order valence-corrected chi connectivity index (χ4v) is 2.62. The number of hydrogen-bond donors (Lipinski definition) is 3. The van der Waals surface area contributed by atoms with Crippen LogP contribution in [0.4, 0.5) is 0 Å². The molecule has 0 aliphatic carbocycles. The van der Waals surface area contributed by atoms with Gasteiger partial charge in [0, 0.05) is 17.5 Å². The molecular formula is C16H18O7. The number of aliphatic hydroxyl groups is 3. The van der Waals surface area contributed by atoms with Crippen LogP contribution in [0.15, 0.2) is 33.5 Å². The molecule has 0 saturated carbocycles. The first kappa shape index (κ1) is 15.9. The Morgan fingerprint density at radius 3 is 2.57 bits per heavy atom. The predicted molar refractivity (Wildman–Crippen MR) is 80.2 cm³/mol. The van der Waals surface area contributed by atoms with Gasteiger partial charge < -0.3 is 29.2 Å². The highest BCUT2D eigenvalue weighted by Crippen LogP contribution is 2.27. The fraction of sp³-hybridized carbons (Fsp3) is 0.438. The number of aryl methyl sites for hydroxylation is 1. The SMILES string of the molecule is Cc1cc(=O)oc2cc(O[C@H]3O[C@@H](C)[C@@H](O)[C@@H](O)[C@H]3O)ccc12. The van der Waals surface area contributed by atoms with E-state index in [-0.39, 0.29) is 0 Å². The number of hydrogen-bond acceptors (Lipinski definition) is 7. The zero-order chi connectivity index (χ0) is 16.7. The molecule has 124 valence electrons. The molecule has 0 spiro atoms. The highest BCUT2D eigenvalue weighted by molar-refractivity contribution is 5.81. The summed E-state index contributed by atoms with van der Waals surface area (Å²) in [4.78, 5) is 11.4. The fourth-order valence-electron chi connectivity index (χ4n) is 2.62. The summed E-state index contributed by atoms with van der Waals surface area (Å²) in [5.41, 5.74) is 0.670. The molecule has 0 bridgehead atoms. The number of fused-ring (bicyclic) bond motifs is 1. The first-order chi connectivity index (χ1) is 10.9. The lowest BCUT2D eigenvalue weighted by Gasteiger charge is -2.38. The maximum absolute atomic E-state index is 11.4. The lowest BCUT2D eigenvalue weighted by molar-refractivity contribution is -0.268. The first-order valence-corrected chi connectivity index (χ1v) is 7.27. The summed E-state index contributed by atoms with van der Waals surface area (Å²) in [6.07, 6.45) is -5.80. The van der Waals surface area contributed by atoms with Gasteiger partial charge in [-0.05, 0) is 31.5 Å². The molecule has 0 unspecified atom stereocenters. The summed E-state index contributed by atoms with van der Waals surface area (Å²) in [6.45, 7) is 3.37. The van der Waals surface area contributed by atoms with Crippen molar-refractivity contribution in [3.63, 3.8) is 0 Å². The number of aliphatic hydroxyl groups excluding tert-OH is 3. The molecule has 1 aliphatic heterocycles. The van der Waals surface area contributed by atoms with Crippen molar-refractivity contribution in [2.45, 2.75) is 44.6 Å². The van der Waals surface area contributed by atoms with Crippen LogP contribution < -0.4 is 10.4 Å². The number of rotatable bonds is 2. The molecule has 0 radical (unpaired) electrons. The predicted octanol–water partition coefficient (Wildman–Crippen LogP) is 0.308. The lowest BCUT2D eigenvalue weighted by Crippen LogP contribution is -2.58. The molecule has 7 heteroatoms. The van der Waals surface area contributed by atoms with E-state index in [1.165, 1.54) is 12.1 Å². The second-order valence-corrected chi connectivity index (χ2v) is 5.71. The average molecular weight is 322 g/mol. The van der Waals surface area contributed by atoms with Crippen LogP contribution in [0.1, 0.15) is 12.5 Å². The Kier molecular flexibility index (Phi) is 4.11. The van der Waals surface area contributed by atoms with Gasteiger partial charge in [0.15, 0.2) is 0 Å². The molecular weight excluding hydrogens is 304 g/mol. The molecule has 1 aromatic heterocycles. The van der Waals surface area contributed by atoms with Crippen LogP contribution in [0.5, 0.6) is 5.75 Å². The molecule has 1 saturated heterocycles.